The van der Waals surface area contributed by atoms with Gasteiger partial charge in [-0.05, 0) is 83.9 Å². The summed E-state index contributed by atoms with van der Waals surface area (Å²) in [6.45, 7) is 0. The van der Waals surface area contributed by atoms with Crippen molar-refractivity contribution in [2.45, 2.75) is 24.2 Å². The zero-order valence-electron chi connectivity index (χ0n) is 20.8. The first-order valence-corrected chi connectivity index (χ1v) is 13.5. The molecule has 4 aromatic carbocycles. The van der Waals surface area contributed by atoms with Crippen molar-refractivity contribution in [3.63, 3.8) is 0 Å². The van der Waals surface area contributed by atoms with Gasteiger partial charge in [-0.15, -0.1) is 26.3 Å². The zero-order chi connectivity index (χ0) is 29.7. The molecular formula is C28H20F6O6S. The fourth-order valence-electron chi connectivity index (χ4n) is 3.56. The molecule has 0 saturated carbocycles. The van der Waals surface area contributed by atoms with Gasteiger partial charge in [0.05, 0.1) is 11.5 Å². The minimum absolute atomic E-state index is 0.249. The monoisotopic (exact) mass is 598 g/mol. The van der Waals surface area contributed by atoms with E-state index in [0.717, 1.165) is 24.3 Å². The van der Waals surface area contributed by atoms with Crippen molar-refractivity contribution in [2.75, 3.05) is 0 Å². The van der Waals surface area contributed by atoms with Gasteiger partial charge < -0.3 is 18.9 Å². The summed E-state index contributed by atoms with van der Waals surface area (Å²) in [4.78, 5) is 0. The van der Waals surface area contributed by atoms with Crippen LogP contribution in [-0.4, -0.2) is 21.1 Å². The molecule has 0 unspecified atom stereocenters. The van der Waals surface area contributed by atoms with Gasteiger partial charge in [-0.1, -0.05) is 24.3 Å². The summed E-state index contributed by atoms with van der Waals surface area (Å²) in [5.74, 6) is -0.0357. The van der Waals surface area contributed by atoms with Gasteiger partial charge in [0.15, 0.2) is 9.84 Å². The van der Waals surface area contributed by atoms with E-state index in [1.54, 1.807) is 48.5 Å². The summed E-state index contributed by atoms with van der Waals surface area (Å²) >= 11 is 0. The number of sulfone groups is 1. The molecule has 0 aliphatic heterocycles. The largest absolute Gasteiger partial charge is 0.573 e. The van der Waals surface area contributed by atoms with Crippen molar-refractivity contribution in [1.82, 2.24) is 0 Å². The van der Waals surface area contributed by atoms with E-state index in [0.29, 0.717) is 22.6 Å². The molecule has 0 aliphatic rings. The maximum Gasteiger partial charge on any atom is 0.573 e. The van der Waals surface area contributed by atoms with Crippen LogP contribution in [0.15, 0.2) is 97.1 Å². The van der Waals surface area contributed by atoms with Crippen LogP contribution in [0.5, 0.6) is 34.5 Å². The first kappa shape index (κ1) is 29.6. The summed E-state index contributed by atoms with van der Waals surface area (Å²) in [7, 11) is -3.56. The molecule has 41 heavy (non-hydrogen) atoms. The highest BCUT2D eigenvalue weighted by atomic mass is 32.2. The van der Waals surface area contributed by atoms with E-state index < -0.39 is 22.6 Å². The van der Waals surface area contributed by atoms with Crippen LogP contribution in [0.2, 0.25) is 0 Å². The van der Waals surface area contributed by atoms with Crippen molar-refractivity contribution >= 4 is 9.84 Å². The second-order valence-electron chi connectivity index (χ2n) is 8.56. The molecule has 0 heterocycles. The molecule has 4 aromatic rings. The van der Waals surface area contributed by atoms with Gasteiger partial charge in [0.25, 0.3) is 0 Å². The standard InChI is InChI=1S/C28H20F6O6S/c29-27(30,31)39-25-13-9-23(10-14-25)37-21-5-1-19(2-6-21)17-41(35,36)18-20-3-7-22(8-4-20)38-24-11-15-26(16-12-24)40-28(32,33)34/h1-16H,17-18H2. The van der Waals surface area contributed by atoms with Gasteiger partial charge in [-0.3, -0.25) is 0 Å². The number of alkyl halides is 6. The van der Waals surface area contributed by atoms with Crippen molar-refractivity contribution in [3.8, 4) is 34.5 Å². The number of ether oxygens (including phenoxy) is 4. The molecule has 0 spiro atoms. The smallest absolute Gasteiger partial charge is 0.457 e. The third-order valence-electron chi connectivity index (χ3n) is 5.21. The molecule has 0 atom stereocenters. The zero-order valence-corrected chi connectivity index (χ0v) is 21.6. The number of hydrogen-bond donors (Lipinski definition) is 0. The van der Waals surface area contributed by atoms with Gasteiger partial charge in [0.2, 0.25) is 0 Å². The molecule has 0 aromatic heterocycles. The van der Waals surface area contributed by atoms with Gasteiger partial charge >= 0.3 is 12.7 Å². The summed E-state index contributed by atoms with van der Waals surface area (Å²) in [5.41, 5.74) is 1.01. The molecule has 216 valence electrons. The quantitative estimate of drug-likeness (QED) is 0.172. The van der Waals surface area contributed by atoms with Crippen molar-refractivity contribution < 1.29 is 53.7 Å². The Morgan fingerprint density at radius 2 is 0.683 bits per heavy atom. The Kier molecular flexibility index (Phi) is 8.66. The Morgan fingerprint density at radius 1 is 0.439 bits per heavy atom. The lowest BCUT2D eigenvalue weighted by Crippen LogP contribution is -2.16. The Bertz CT molecular complexity index is 1420. The third-order valence-corrected chi connectivity index (χ3v) is 6.75. The highest BCUT2D eigenvalue weighted by molar-refractivity contribution is 7.89. The average Bonchev–Trinajstić information content (AvgIpc) is 2.87. The summed E-state index contributed by atoms with van der Waals surface area (Å²) in [6.07, 6.45) is -9.60. The molecular weight excluding hydrogens is 578 g/mol. The van der Waals surface area contributed by atoms with Crippen LogP contribution in [0.25, 0.3) is 0 Å². The molecule has 0 amide bonds. The Morgan fingerprint density at radius 3 is 0.951 bits per heavy atom. The summed E-state index contributed by atoms with van der Waals surface area (Å²) in [5, 5.41) is 0. The lowest BCUT2D eigenvalue weighted by molar-refractivity contribution is -0.275. The fourth-order valence-corrected chi connectivity index (χ4v) is 5.06. The summed E-state index contributed by atoms with van der Waals surface area (Å²) < 4.78 is 118. The highest BCUT2D eigenvalue weighted by Crippen LogP contribution is 2.29. The van der Waals surface area contributed by atoms with E-state index in [9.17, 15) is 34.8 Å². The van der Waals surface area contributed by atoms with Crippen LogP contribution in [0.3, 0.4) is 0 Å². The van der Waals surface area contributed by atoms with Crippen LogP contribution in [0.1, 0.15) is 11.1 Å². The molecule has 0 bridgehead atoms. The molecule has 0 N–H and O–H groups in total. The van der Waals surface area contributed by atoms with Gasteiger partial charge in [0.1, 0.15) is 34.5 Å². The van der Waals surface area contributed by atoms with Crippen LogP contribution < -0.4 is 18.9 Å². The second-order valence-corrected chi connectivity index (χ2v) is 10.6. The maximum atomic E-state index is 12.7. The van der Waals surface area contributed by atoms with Crippen LogP contribution in [0, 0.1) is 0 Å². The third kappa shape index (κ3) is 9.94. The Hall–Kier alpha value is -4.39. The van der Waals surface area contributed by atoms with Crippen LogP contribution in [0.4, 0.5) is 26.3 Å². The van der Waals surface area contributed by atoms with Crippen LogP contribution in [-0.2, 0) is 21.3 Å². The van der Waals surface area contributed by atoms with Gasteiger partial charge in [0, 0.05) is 0 Å². The van der Waals surface area contributed by atoms with E-state index in [4.69, 9.17) is 9.47 Å². The first-order valence-electron chi connectivity index (χ1n) is 11.7. The van der Waals surface area contributed by atoms with E-state index in [1.165, 1.54) is 24.3 Å². The van der Waals surface area contributed by atoms with E-state index in [-0.39, 0.29) is 34.5 Å². The lowest BCUT2D eigenvalue weighted by atomic mass is 10.2. The van der Waals surface area contributed by atoms with Crippen LogP contribution >= 0.6 is 0 Å². The number of halogens is 6. The second kappa shape index (κ2) is 12.0. The topological polar surface area (TPSA) is 71.1 Å². The minimum atomic E-state index is -4.80. The normalized spacial score (nSPS) is 12.0. The predicted molar refractivity (Wildman–Crippen MR) is 136 cm³/mol. The molecule has 0 aliphatic carbocycles. The van der Waals surface area contributed by atoms with E-state index in [1.807, 2.05) is 0 Å². The molecule has 13 heteroatoms. The number of hydrogen-bond acceptors (Lipinski definition) is 6. The minimum Gasteiger partial charge on any atom is -0.457 e. The highest BCUT2D eigenvalue weighted by Gasteiger charge is 2.31. The van der Waals surface area contributed by atoms with E-state index >= 15 is 0 Å². The number of benzene rings is 4. The van der Waals surface area contributed by atoms with Gasteiger partial charge in [-0.25, -0.2) is 8.42 Å². The maximum absolute atomic E-state index is 12.7. The average molecular weight is 599 g/mol. The molecule has 4 rings (SSSR count). The molecule has 0 saturated heterocycles. The predicted octanol–water partition coefficient (Wildman–Crippen LogP) is 8.18. The fraction of sp³-hybridized carbons (Fsp3) is 0.143. The van der Waals surface area contributed by atoms with Gasteiger partial charge in [-0.2, -0.15) is 0 Å². The SMILES string of the molecule is O=S(=O)(Cc1ccc(Oc2ccc(OC(F)(F)F)cc2)cc1)Cc1ccc(Oc2ccc(OC(F)(F)F)cc2)cc1. The van der Waals surface area contributed by atoms with E-state index in [2.05, 4.69) is 9.47 Å². The van der Waals surface area contributed by atoms with Crippen molar-refractivity contribution in [3.05, 3.63) is 108 Å². The Labute approximate surface area is 230 Å². The number of rotatable bonds is 10. The summed E-state index contributed by atoms with van der Waals surface area (Å²) in [6, 6.07) is 22.1. The van der Waals surface area contributed by atoms with Crippen molar-refractivity contribution in [2.24, 2.45) is 0 Å². The Balaban J connectivity index is 1.29. The lowest BCUT2D eigenvalue weighted by Gasteiger charge is -2.11. The molecule has 0 radical (unpaired) electrons. The molecule has 6 nitrogen and oxygen atoms in total. The first-order chi connectivity index (χ1) is 19.2. The van der Waals surface area contributed by atoms with Crippen molar-refractivity contribution in [1.29, 1.82) is 0 Å². The molecule has 0 fully saturated rings.